The molecule has 0 spiro atoms. The van der Waals surface area contributed by atoms with Crippen LogP contribution in [0.25, 0.3) is 22.3 Å². The van der Waals surface area contributed by atoms with Gasteiger partial charge in [0.25, 0.3) is 15.9 Å². The number of unbranched alkanes of at least 4 members (excludes halogenated alkanes) is 3. The molecule has 410 valence electrons. The summed E-state index contributed by atoms with van der Waals surface area (Å²) >= 11 is 1.43. The average Bonchev–Trinajstić information content (AvgIpc) is 3.84. The Morgan fingerprint density at radius 3 is 2.38 bits per heavy atom. The molecule has 7 rings (SSSR count). The van der Waals surface area contributed by atoms with Crippen LogP contribution in [0.4, 0.5) is 20.4 Å². The molecular formula is C53H68N8O13S2. The number of aromatic nitrogens is 2. The molecule has 1 saturated heterocycles. The summed E-state index contributed by atoms with van der Waals surface area (Å²) in [6.45, 7) is 11.1. The van der Waals surface area contributed by atoms with Crippen LogP contribution in [-0.4, -0.2) is 122 Å². The summed E-state index contributed by atoms with van der Waals surface area (Å²) in [5.41, 5.74) is -0.144. The number of amides is 5. The van der Waals surface area contributed by atoms with Crippen LogP contribution in [0, 0.1) is 5.92 Å². The van der Waals surface area contributed by atoms with Crippen molar-refractivity contribution in [3.8, 4) is 22.9 Å². The molecule has 0 radical (unpaired) electrons. The lowest BCUT2D eigenvalue weighted by atomic mass is 10.1. The van der Waals surface area contributed by atoms with Crippen LogP contribution in [0.1, 0.15) is 105 Å². The molecule has 0 unspecified atom stereocenters. The zero-order valence-electron chi connectivity index (χ0n) is 43.7. The summed E-state index contributed by atoms with van der Waals surface area (Å²) < 4.78 is 58.2. The van der Waals surface area contributed by atoms with Crippen molar-refractivity contribution in [3.05, 3.63) is 66.6 Å². The molecule has 23 heteroatoms. The van der Waals surface area contributed by atoms with Crippen molar-refractivity contribution in [2.75, 3.05) is 31.4 Å². The number of alkyl carbamates (subject to hydrolysis) is 1. The number of pyridine rings is 1. The van der Waals surface area contributed by atoms with Crippen LogP contribution in [0.3, 0.4) is 0 Å². The molecule has 5 amide bonds. The first-order valence-corrected chi connectivity index (χ1v) is 28.0. The minimum atomic E-state index is -4.66. The maximum Gasteiger partial charge on any atom is 0.410 e. The number of nitrogens with one attached hydrogen (secondary N) is 5. The number of rotatable bonds is 24. The molecule has 0 bridgehead atoms. The highest BCUT2D eigenvalue weighted by Crippen LogP contribution is 2.45. The number of anilines is 2. The van der Waals surface area contributed by atoms with Gasteiger partial charge < -0.3 is 45.0 Å². The molecule has 3 aliphatic rings. The second-order valence-electron chi connectivity index (χ2n) is 19.8. The number of methoxy groups -OCH3 is 2. The van der Waals surface area contributed by atoms with Crippen molar-refractivity contribution in [1.29, 1.82) is 0 Å². The first-order valence-electron chi connectivity index (χ1n) is 25.6. The zero-order chi connectivity index (χ0) is 54.7. The van der Waals surface area contributed by atoms with Gasteiger partial charge in [0.15, 0.2) is 5.13 Å². The molecule has 2 aliphatic carbocycles. The van der Waals surface area contributed by atoms with Gasteiger partial charge in [0.2, 0.25) is 11.8 Å². The number of para-hydroxylation sites is 1. The fourth-order valence-electron chi connectivity index (χ4n) is 9.35. The largest absolute Gasteiger partial charge is 0.497 e. The number of sulfonamides is 1. The highest BCUT2D eigenvalue weighted by Gasteiger charge is 2.61. The van der Waals surface area contributed by atoms with Gasteiger partial charge in [-0.2, -0.15) is 0 Å². The van der Waals surface area contributed by atoms with E-state index in [2.05, 4.69) is 32.6 Å². The SMILES string of the molecule is C=C[C@@H]1C[C@]1(NC(=O)[C@@H]1C[C@@H](Oc2cc(-c3csc(NC(C)C)n3)nc3cc(OC)ccc23)CN1C(=O)OC(C)C)C(=O)NS(=O)(=O)c1ccccc1NC(=O)CCCCCC[C@H](NC(=O)OC1CCCC1)C(=O)OC. The van der Waals surface area contributed by atoms with E-state index in [1.165, 1.54) is 53.7 Å². The molecule has 1 aliphatic heterocycles. The normalized spacial score (nSPS) is 19.6. The number of benzene rings is 2. The third-order valence-corrected chi connectivity index (χ3v) is 15.5. The molecule has 5 N–H and O–H groups in total. The van der Waals surface area contributed by atoms with E-state index < -0.39 is 81.6 Å². The average molecular weight is 1090 g/mol. The second-order valence-corrected chi connectivity index (χ2v) is 22.3. The Kier molecular flexibility index (Phi) is 18.8. The van der Waals surface area contributed by atoms with Gasteiger partial charge in [-0.3, -0.25) is 19.3 Å². The lowest BCUT2D eigenvalue weighted by Gasteiger charge is -2.26. The predicted octanol–water partition coefficient (Wildman–Crippen LogP) is 7.61. The van der Waals surface area contributed by atoms with E-state index in [0.29, 0.717) is 71.0 Å². The second kappa shape index (κ2) is 25.2. The van der Waals surface area contributed by atoms with Crippen molar-refractivity contribution < 1.29 is 60.9 Å². The molecule has 2 saturated carbocycles. The smallest absolute Gasteiger partial charge is 0.410 e. The Labute approximate surface area is 446 Å². The number of thiazole rings is 1. The van der Waals surface area contributed by atoms with E-state index >= 15 is 0 Å². The lowest BCUT2D eigenvalue weighted by Crippen LogP contribution is -2.56. The Balaban J connectivity index is 0.988. The summed E-state index contributed by atoms with van der Waals surface area (Å²) in [6, 6.07) is 10.8. The van der Waals surface area contributed by atoms with Crippen LogP contribution in [-0.2, 0) is 43.4 Å². The van der Waals surface area contributed by atoms with E-state index in [0.717, 1.165) is 25.7 Å². The Hall–Kier alpha value is -7.01. The van der Waals surface area contributed by atoms with Crippen molar-refractivity contribution in [2.24, 2.45) is 5.92 Å². The topological polar surface area (TPSA) is 272 Å². The molecule has 3 fully saturated rings. The highest BCUT2D eigenvalue weighted by atomic mass is 32.2. The minimum Gasteiger partial charge on any atom is -0.497 e. The van der Waals surface area contributed by atoms with E-state index in [-0.39, 0.29) is 48.5 Å². The highest BCUT2D eigenvalue weighted by molar-refractivity contribution is 7.90. The van der Waals surface area contributed by atoms with Crippen LogP contribution in [0.5, 0.6) is 11.5 Å². The van der Waals surface area contributed by atoms with Crippen molar-refractivity contribution >= 4 is 79.0 Å². The van der Waals surface area contributed by atoms with E-state index in [4.69, 9.17) is 33.7 Å². The zero-order valence-corrected chi connectivity index (χ0v) is 45.3. The predicted molar refractivity (Wildman–Crippen MR) is 284 cm³/mol. The molecule has 5 atom stereocenters. The summed E-state index contributed by atoms with van der Waals surface area (Å²) in [5.74, 6) is -2.53. The number of carbonyl (C=O) groups is 6. The molecule has 3 heterocycles. The number of carbonyl (C=O) groups excluding carboxylic acids is 6. The minimum absolute atomic E-state index is 0.0121. The number of ether oxygens (including phenoxy) is 5. The number of hydrogen-bond acceptors (Lipinski definition) is 17. The van der Waals surface area contributed by atoms with Crippen molar-refractivity contribution in [2.45, 2.75) is 152 Å². The van der Waals surface area contributed by atoms with Crippen LogP contribution >= 0.6 is 11.3 Å². The third kappa shape index (κ3) is 14.3. The van der Waals surface area contributed by atoms with E-state index in [1.54, 1.807) is 45.2 Å². The summed E-state index contributed by atoms with van der Waals surface area (Å²) in [7, 11) is -1.87. The number of esters is 1. The van der Waals surface area contributed by atoms with Crippen molar-refractivity contribution in [3.63, 3.8) is 0 Å². The summed E-state index contributed by atoms with van der Waals surface area (Å²) in [6.07, 6.45) is 4.64. The number of fused-ring (bicyclic) bond motifs is 1. The quantitative estimate of drug-likeness (QED) is 0.0195. The maximum atomic E-state index is 14.5. The maximum absolute atomic E-state index is 14.5. The molecule has 2 aromatic carbocycles. The van der Waals surface area contributed by atoms with E-state index in [1.807, 2.05) is 19.2 Å². The molecular weight excluding hydrogens is 1020 g/mol. The monoisotopic (exact) mass is 1090 g/mol. The van der Waals surface area contributed by atoms with Gasteiger partial charge in [0, 0.05) is 47.7 Å². The van der Waals surface area contributed by atoms with Gasteiger partial charge in [-0.05, 0) is 96.9 Å². The van der Waals surface area contributed by atoms with Gasteiger partial charge in [-0.15, -0.1) is 17.9 Å². The molecule has 2 aromatic heterocycles. The van der Waals surface area contributed by atoms with Gasteiger partial charge in [0.1, 0.15) is 51.9 Å². The standard InChI is InChI=1S/C53H68N8O13S2/c1-8-33-28-53(33,49(65)60-76(68,69)45-21-16-15-19-38(45)56-46(62)22-12-10-9-11-20-39(48(64)71-7)58-51(66)74-34-17-13-14-18-34)59-47(63)43-26-36(29-61(43)52(67)72-32(4)5)73-44-27-41(42-30-75-50(57-42)54-31(2)3)55-40-25-35(70-6)23-24-37(40)44/h8,15-16,19,21,23-25,27,30-34,36,39,43H,1,9-14,17-18,20,22,26,28-29H2,2-7H3,(H,54,57)(H,56,62)(H,58,66)(H,59,63)(H,60,65)/t33-,36-,39+,43+,53-/m1/s1. The summed E-state index contributed by atoms with van der Waals surface area (Å²) in [4.78, 5) is 90.7. The molecule has 4 aromatic rings. The third-order valence-electron chi connectivity index (χ3n) is 13.3. The Morgan fingerprint density at radius 2 is 1.68 bits per heavy atom. The number of nitrogens with zero attached hydrogens (tertiary/aromatic N) is 3. The van der Waals surface area contributed by atoms with Gasteiger partial charge in [-0.1, -0.05) is 37.5 Å². The molecule has 21 nitrogen and oxygen atoms in total. The summed E-state index contributed by atoms with van der Waals surface area (Å²) in [5, 5.41) is 14.6. The van der Waals surface area contributed by atoms with Crippen LogP contribution in [0.2, 0.25) is 0 Å². The van der Waals surface area contributed by atoms with Gasteiger partial charge in [0.05, 0.1) is 43.8 Å². The number of likely N-dealkylation sites (tertiary alicyclic amines) is 1. The van der Waals surface area contributed by atoms with Crippen LogP contribution < -0.4 is 35.5 Å². The fraction of sp³-hybridized carbons (Fsp3) is 0.509. The van der Waals surface area contributed by atoms with Crippen LogP contribution in [0.15, 0.2) is 71.5 Å². The first kappa shape index (κ1) is 56.7. The number of hydrogen-bond donors (Lipinski definition) is 5. The Morgan fingerprint density at radius 1 is 0.934 bits per heavy atom. The lowest BCUT2D eigenvalue weighted by molar-refractivity contribution is -0.143. The molecule has 76 heavy (non-hydrogen) atoms. The van der Waals surface area contributed by atoms with Crippen molar-refractivity contribution in [1.82, 2.24) is 30.2 Å². The first-order chi connectivity index (χ1) is 36.3. The van der Waals surface area contributed by atoms with Gasteiger partial charge >= 0.3 is 18.2 Å². The van der Waals surface area contributed by atoms with E-state index in [9.17, 15) is 37.2 Å². The van der Waals surface area contributed by atoms with Gasteiger partial charge in [-0.25, -0.2) is 37.5 Å². The fourth-order valence-corrected chi connectivity index (χ4v) is 11.4. The Bertz CT molecular complexity index is 2890.